The zero-order valence-electron chi connectivity index (χ0n) is 14.1. The minimum absolute atomic E-state index is 0.180. The van der Waals surface area contributed by atoms with Crippen molar-refractivity contribution >= 4 is 23.5 Å². The molecule has 0 saturated heterocycles. The minimum Gasteiger partial charge on any atom is -0.467 e. The maximum Gasteiger partial charge on any atom is 0.338 e. The van der Waals surface area contributed by atoms with Crippen molar-refractivity contribution in [1.82, 2.24) is 5.32 Å². The van der Waals surface area contributed by atoms with E-state index in [0.717, 1.165) is 0 Å². The summed E-state index contributed by atoms with van der Waals surface area (Å²) >= 11 is 0. The molecule has 138 valence electrons. The molecule has 8 nitrogen and oxygen atoms in total. The molecule has 0 aliphatic carbocycles. The third-order valence-corrected chi connectivity index (χ3v) is 3.50. The van der Waals surface area contributed by atoms with Crippen molar-refractivity contribution in [3.05, 3.63) is 78.1 Å². The van der Waals surface area contributed by atoms with Gasteiger partial charge in [0.05, 0.1) is 24.6 Å². The Hall–Kier alpha value is -3.81. The van der Waals surface area contributed by atoms with Crippen LogP contribution in [0.1, 0.15) is 26.7 Å². The Kier molecular flexibility index (Phi) is 5.68. The van der Waals surface area contributed by atoms with Crippen molar-refractivity contribution in [2.75, 3.05) is 11.9 Å². The molecule has 27 heavy (non-hydrogen) atoms. The lowest BCUT2D eigenvalue weighted by Crippen LogP contribution is -2.28. The van der Waals surface area contributed by atoms with Crippen LogP contribution in [0, 0.1) is 0 Å². The van der Waals surface area contributed by atoms with Gasteiger partial charge in [-0.05, 0) is 48.5 Å². The molecule has 0 bridgehead atoms. The van der Waals surface area contributed by atoms with Crippen LogP contribution in [0.5, 0.6) is 0 Å². The summed E-state index contributed by atoms with van der Waals surface area (Å²) in [6.07, 6.45) is 2.90. The summed E-state index contributed by atoms with van der Waals surface area (Å²) in [7, 11) is 0. The molecular weight excluding hydrogens is 352 g/mol. The number of benzene rings is 1. The number of amides is 2. The zero-order valence-corrected chi connectivity index (χ0v) is 14.1. The highest BCUT2D eigenvalue weighted by atomic mass is 16.5. The quantitative estimate of drug-likeness (QED) is 0.620. The fourth-order valence-corrected chi connectivity index (χ4v) is 2.15. The highest BCUT2D eigenvalue weighted by Crippen LogP contribution is 2.12. The average Bonchev–Trinajstić information content (AvgIpc) is 3.39. The molecule has 2 amide bonds. The van der Waals surface area contributed by atoms with Gasteiger partial charge < -0.3 is 24.2 Å². The highest BCUT2D eigenvalue weighted by Gasteiger charge is 2.12. The van der Waals surface area contributed by atoms with E-state index in [1.807, 2.05) is 0 Å². The molecule has 0 aliphatic rings. The van der Waals surface area contributed by atoms with E-state index in [9.17, 15) is 14.4 Å². The van der Waals surface area contributed by atoms with Crippen molar-refractivity contribution in [3.63, 3.8) is 0 Å². The first-order valence-corrected chi connectivity index (χ1v) is 8.03. The standard InChI is InChI=1S/C19H16N2O6/c22-17(20-11-15-3-1-9-25-15)12-27-19(24)13-5-7-14(8-6-13)21-18(23)16-4-2-10-26-16/h1-10H,11-12H2,(H,20,22)(H,21,23). The van der Waals surface area contributed by atoms with Crippen LogP contribution in [0.3, 0.4) is 0 Å². The smallest absolute Gasteiger partial charge is 0.338 e. The Balaban J connectivity index is 1.45. The van der Waals surface area contributed by atoms with Crippen LogP contribution >= 0.6 is 0 Å². The molecule has 0 spiro atoms. The second-order valence-corrected chi connectivity index (χ2v) is 5.44. The van der Waals surface area contributed by atoms with Gasteiger partial charge in [-0.2, -0.15) is 0 Å². The Morgan fingerprint density at radius 1 is 0.926 bits per heavy atom. The molecule has 1 aromatic carbocycles. The Morgan fingerprint density at radius 2 is 1.67 bits per heavy atom. The van der Waals surface area contributed by atoms with E-state index >= 15 is 0 Å². The maximum atomic E-state index is 12.0. The second kappa shape index (κ2) is 8.52. The van der Waals surface area contributed by atoms with Gasteiger partial charge in [0.2, 0.25) is 0 Å². The number of nitrogens with one attached hydrogen (secondary N) is 2. The van der Waals surface area contributed by atoms with E-state index in [2.05, 4.69) is 10.6 Å². The molecule has 0 unspecified atom stereocenters. The van der Waals surface area contributed by atoms with Gasteiger partial charge >= 0.3 is 5.97 Å². The lowest BCUT2D eigenvalue weighted by Gasteiger charge is -2.07. The number of hydrogen-bond acceptors (Lipinski definition) is 6. The largest absolute Gasteiger partial charge is 0.467 e. The second-order valence-electron chi connectivity index (χ2n) is 5.44. The molecule has 2 N–H and O–H groups in total. The van der Waals surface area contributed by atoms with Crippen molar-refractivity contribution in [2.24, 2.45) is 0 Å². The van der Waals surface area contributed by atoms with E-state index in [1.54, 1.807) is 30.3 Å². The van der Waals surface area contributed by atoms with E-state index < -0.39 is 24.4 Å². The van der Waals surface area contributed by atoms with Gasteiger partial charge in [0.1, 0.15) is 5.76 Å². The molecular formula is C19H16N2O6. The number of hydrogen-bond donors (Lipinski definition) is 2. The fourth-order valence-electron chi connectivity index (χ4n) is 2.15. The summed E-state index contributed by atoms with van der Waals surface area (Å²) in [6, 6.07) is 12.7. The van der Waals surface area contributed by atoms with Crippen molar-refractivity contribution in [2.45, 2.75) is 6.54 Å². The Morgan fingerprint density at radius 3 is 2.33 bits per heavy atom. The van der Waals surface area contributed by atoms with E-state index in [4.69, 9.17) is 13.6 Å². The summed E-state index contributed by atoms with van der Waals surface area (Å²) in [5, 5.41) is 5.20. The van der Waals surface area contributed by atoms with Gasteiger partial charge in [0.15, 0.2) is 12.4 Å². The molecule has 2 heterocycles. The number of carbonyl (C=O) groups excluding carboxylic acids is 3. The SMILES string of the molecule is O=C(COC(=O)c1ccc(NC(=O)c2ccco2)cc1)NCc1ccco1. The first kappa shape index (κ1) is 18.0. The van der Waals surface area contributed by atoms with Gasteiger partial charge in [-0.1, -0.05) is 0 Å². The summed E-state index contributed by atoms with van der Waals surface area (Å²) in [5.74, 6) is -0.710. The van der Waals surface area contributed by atoms with Crippen LogP contribution in [0.25, 0.3) is 0 Å². The topological polar surface area (TPSA) is 111 Å². The maximum absolute atomic E-state index is 12.0. The number of ether oxygens (including phenoxy) is 1. The number of furan rings is 2. The summed E-state index contributed by atoms with van der Waals surface area (Å²) in [5.41, 5.74) is 0.744. The molecule has 0 saturated carbocycles. The first-order valence-electron chi connectivity index (χ1n) is 8.03. The van der Waals surface area contributed by atoms with Crippen LogP contribution in [-0.4, -0.2) is 24.4 Å². The van der Waals surface area contributed by atoms with Gasteiger partial charge in [-0.3, -0.25) is 9.59 Å². The molecule has 3 rings (SSSR count). The zero-order chi connectivity index (χ0) is 19.1. The summed E-state index contributed by atoms with van der Waals surface area (Å²) in [6.45, 7) is -0.191. The number of esters is 1. The number of carbonyl (C=O) groups is 3. The van der Waals surface area contributed by atoms with E-state index in [1.165, 1.54) is 30.7 Å². The average molecular weight is 368 g/mol. The number of anilines is 1. The molecule has 0 atom stereocenters. The van der Waals surface area contributed by atoms with Crippen LogP contribution < -0.4 is 10.6 Å². The molecule has 2 aromatic heterocycles. The van der Waals surface area contributed by atoms with Gasteiger partial charge in [-0.25, -0.2) is 4.79 Å². The third kappa shape index (κ3) is 5.08. The molecule has 8 heteroatoms. The van der Waals surface area contributed by atoms with Crippen molar-refractivity contribution < 1.29 is 28.0 Å². The van der Waals surface area contributed by atoms with Crippen molar-refractivity contribution in [1.29, 1.82) is 0 Å². The minimum atomic E-state index is -0.646. The van der Waals surface area contributed by atoms with E-state index in [-0.39, 0.29) is 17.9 Å². The summed E-state index contributed by atoms with van der Waals surface area (Å²) < 4.78 is 15.0. The molecule has 3 aromatic rings. The molecule has 0 fully saturated rings. The lowest BCUT2D eigenvalue weighted by molar-refractivity contribution is -0.124. The van der Waals surface area contributed by atoms with Gasteiger partial charge in [0.25, 0.3) is 11.8 Å². The Bertz CT molecular complexity index is 898. The van der Waals surface area contributed by atoms with Gasteiger partial charge in [0, 0.05) is 5.69 Å². The molecule has 0 radical (unpaired) electrons. The highest BCUT2D eigenvalue weighted by molar-refractivity contribution is 6.02. The van der Waals surface area contributed by atoms with Crippen LogP contribution in [0.15, 0.2) is 69.9 Å². The number of rotatable bonds is 7. The van der Waals surface area contributed by atoms with Crippen LogP contribution in [0.4, 0.5) is 5.69 Å². The summed E-state index contributed by atoms with van der Waals surface area (Å²) in [4.78, 5) is 35.5. The fraction of sp³-hybridized carbons (Fsp3) is 0.105. The van der Waals surface area contributed by atoms with Gasteiger partial charge in [-0.15, -0.1) is 0 Å². The van der Waals surface area contributed by atoms with Crippen molar-refractivity contribution in [3.8, 4) is 0 Å². The van der Waals surface area contributed by atoms with E-state index in [0.29, 0.717) is 11.4 Å². The first-order chi connectivity index (χ1) is 13.1. The third-order valence-electron chi connectivity index (χ3n) is 3.50. The predicted octanol–water partition coefficient (Wildman–Crippen LogP) is 2.60. The predicted molar refractivity (Wildman–Crippen MR) is 93.9 cm³/mol. The normalized spacial score (nSPS) is 10.2. The molecule has 0 aliphatic heterocycles. The van der Waals surface area contributed by atoms with Crippen LogP contribution in [-0.2, 0) is 16.1 Å². The van der Waals surface area contributed by atoms with Crippen LogP contribution in [0.2, 0.25) is 0 Å². The monoisotopic (exact) mass is 368 g/mol. The lowest BCUT2D eigenvalue weighted by atomic mass is 10.2. The Labute approximate surface area is 154 Å².